The molecular formula is C13H24N4OS. The zero-order chi connectivity index (χ0) is 14.4. The highest BCUT2D eigenvalue weighted by atomic mass is 32.1. The Morgan fingerprint density at radius 3 is 2.37 bits per heavy atom. The molecule has 5 nitrogen and oxygen atoms in total. The van der Waals surface area contributed by atoms with Crippen LogP contribution in [0.2, 0.25) is 0 Å². The molecule has 1 heterocycles. The third kappa shape index (κ3) is 4.16. The van der Waals surface area contributed by atoms with E-state index in [0.29, 0.717) is 16.1 Å². The SMILES string of the molecule is CCC(CC)N(CC(C)C)C(=O)c1nnc(NC)s1. The summed E-state index contributed by atoms with van der Waals surface area (Å²) in [6, 6.07) is 0.275. The molecule has 0 aliphatic rings. The molecule has 0 bridgehead atoms. The van der Waals surface area contributed by atoms with Crippen molar-refractivity contribution in [2.75, 3.05) is 18.9 Å². The summed E-state index contributed by atoms with van der Waals surface area (Å²) < 4.78 is 0. The van der Waals surface area contributed by atoms with E-state index in [-0.39, 0.29) is 11.9 Å². The zero-order valence-electron chi connectivity index (χ0n) is 12.4. The second kappa shape index (κ2) is 7.43. The first-order valence-corrected chi connectivity index (χ1v) is 7.67. The fourth-order valence-electron chi connectivity index (χ4n) is 2.05. The van der Waals surface area contributed by atoms with E-state index in [9.17, 15) is 4.79 Å². The monoisotopic (exact) mass is 284 g/mol. The van der Waals surface area contributed by atoms with E-state index in [2.05, 4.69) is 43.2 Å². The lowest BCUT2D eigenvalue weighted by Gasteiger charge is -2.31. The fourth-order valence-corrected chi connectivity index (χ4v) is 2.71. The number of amides is 1. The Bertz CT molecular complexity index is 401. The number of aromatic nitrogens is 2. The van der Waals surface area contributed by atoms with Crippen LogP contribution in [0.15, 0.2) is 0 Å². The minimum absolute atomic E-state index is 0.00130. The first-order chi connectivity index (χ1) is 9.03. The smallest absolute Gasteiger partial charge is 0.285 e. The van der Waals surface area contributed by atoms with E-state index in [0.717, 1.165) is 19.4 Å². The number of rotatable bonds is 7. The number of carbonyl (C=O) groups excluding carboxylic acids is 1. The molecule has 0 aliphatic heterocycles. The molecule has 1 aromatic heterocycles. The summed E-state index contributed by atoms with van der Waals surface area (Å²) in [5, 5.41) is 12.0. The maximum Gasteiger partial charge on any atom is 0.285 e. The molecule has 1 amide bonds. The van der Waals surface area contributed by atoms with Crippen LogP contribution in [0.25, 0.3) is 0 Å². The molecule has 0 saturated heterocycles. The van der Waals surface area contributed by atoms with Crippen molar-refractivity contribution in [3.05, 3.63) is 5.01 Å². The van der Waals surface area contributed by atoms with Gasteiger partial charge in [0, 0.05) is 19.6 Å². The van der Waals surface area contributed by atoms with Gasteiger partial charge in [0.2, 0.25) is 10.1 Å². The largest absolute Gasteiger partial charge is 0.363 e. The van der Waals surface area contributed by atoms with Crippen molar-refractivity contribution in [1.29, 1.82) is 0 Å². The van der Waals surface area contributed by atoms with Crippen LogP contribution in [0.5, 0.6) is 0 Å². The predicted octanol–water partition coefficient (Wildman–Crippen LogP) is 2.87. The molecule has 1 aromatic rings. The van der Waals surface area contributed by atoms with Gasteiger partial charge in [-0.1, -0.05) is 39.0 Å². The summed E-state index contributed by atoms with van der Waals surface area (Å²) in [6.45, 7) is 9.25. The van der Waals surface area contributed by atoms with Crippen LogP contribution in [-0.2, 0) is 0 Å². The average molecular weight is 284 g/mol. The van der Waals surface area contributed by atoms with Crippen molar-refractivity contribution >= 4 is 22.4 Å². The van der Waals surface area contributed by atoms with Gasteiger partial charge < -0.3 is 10.2 Å². The molecule has 19 heavy (non-hydrogen) atoms. The van der Waals surface area contributed by atoms with Crippen LogP contribution in [0.4, 0.5) is 5.13 Å². The fraction of sp³-hybridized carbons (Fsp3) is 0.769. The lowest BCUT2D eigenvalue weighted by atomic mass is 10.1. The molecule has 0 spiro atoms. The Balaban J connectivity index is 2.92. The summed E-state index contributed by atoms with van der Waals surface area (Å²) in [5.74, 6) is 0.447. The highest BCUT2D eigenvalue weighted by Gasteiger charge is 2.25. The Morgan fingerprint density at radius 2 is 1.95 bits per heavy atom. The molecule has 0 aromatic carbocycles. The molecule has 0 radical (unpaired) electrons. The van der Waals surface area contributed by atoms with Crippen molar-refractivity contribution in [2.45, 2.75) is 46.6 Å². The number of carbonyl (C=O) groups is 1. The van der Waals surface area contributed by atoms with Crippen LogP contribution in [0.1, 0.15) is 50.3 Å². The standard InChI is InChI=1S/C13H24N4OS/c1-6-10(7-2)17(8-9(3)4)12(18)11-15-16-13(14-5)19-11/h9-10H,6-8H2,1-5H3,(H,14,16). The Labute approximate surface area is 119 Å². The van der Waals surface area contributed by atoms with Gasteiger partial charge in [-0.25, -0.2) is 0 Å². The van der Waals surface area contributed by atoms with E-state index >= 15 is 0 Å². The lowest BCUT2D eigenvalue weighted by molar-refractivity contribution is 0.0639. The number of hydrogen-bond acceptors (Lipinski definition) is 5. The molecule has 0 unspecified atom stereocenters. The molecular weight excluding hydrogens is 260 g/mol. The van der Waals surface area contributed by atoms with Crippen molar-refractivity contribution in [3.63, 3.8) is 0 Å². The molecule has 0 atom stereocenters. The molecule has 0 saturated carbocycles. The predicted molar refractivity (Wildman–Crippen MR) is 79.7 cm³/mol. The van der Waals surface area contributed by atoms with Gasteiger partial charge in [-0.3, -0.25) is 4.79 Å². The summed E-state index contributed by atoms with van der Waals surface area (Å²) >= 11 is 1.31. The molecule has 1 N–H and O–H groups in total. The zero-order valence-corrected chi connectivity index (χ0v) is 13.3. The average Bonchev–Trinajstić information content (AvgIpc) is 2.86. The maximum absolute atomic E-state index is 12.6. The van der Waals surface area contributed by atoms with Gasteiger partial charge in [0.15, 0.2) is 0 Å². The second-order valence-electron chi connectivity index (χ2n) is 4.98. The first kappa shape index (κ1) is 15.9. The molecule has 108 valence electrons. The second-order valence-corrected chi connectivity index (χ2v) is 5.96. The topological polar surface area (TPSA) is 58.1 Å². The first-order valence-electron chi connectivity index (χ1n) is 6.85. The van der Waals surface area contributed by atoms with Gasteiger partial charge in [-0.15, -0.1) is 10.2 Å². The minimum atomic E-state index is 0.00130. The normalized spacial score (nSPS) is 11.1. The lowest BCUT2D eigenvalue weighted by Crippen LogP contribution is -2.42. The summed E-state index contributed by atoms with van der Waals surface area (Å²) in [7, 11) is 1.78. The van der Waals surface area contributed by atoms with E-state index in [1.807, 2.05) is 4.90 Å². The van der Waals surface area contributed by atoms with Gasteiger partial charge in [0.25, 0.3) is 5.91 Å². The van der Waals surface area contributed by atoms with Gasteiger partial charge in [-0.2, -0.15) is 0 Å². The van der Waals surface area contributed by atoms with Gasteiger partial charge in [-0.05, 0) is 18.8 Å². The summed E-state index contributed by atoms with van der Waals surface area (Å²) in [5.41, 5.74) is 0. The minimum Gasteiger partial charge on any atom is -0.363 e. The van der Waals surface area contributed by atoms with Crippen molar-refractivity contribution in [2.24, 2.45) is 5.92 Å². The number of anilines is 1. The Hall–Kier alpha value is -1.17. The highest BCUT2D eigenvalue weighted by molar-refractivity contribution is 7.17. The molecule has 6 heteroatoms. The maximum atomic E-state index is 12.6. The Kier molecular flexibility index (Phi) is 6.21. The number of nitrogens with one attached hydrogen (secondary N) is 1. The van der Waals surface area contributed by atoms with Crippen molar-refractivity contribution < 1.29 is 4.79 Å². The van der Waals surface area contributed by atoms with Crippen molar-refractivity contribution in [1.82, 2.24) is 15.1 Å². The van der Waals surface area contributed by atoms with E-state index in [4.69, 9.17) is 0 Å². The molecule has 0 fully saturated rings. The van der Waals surface area contributed by atoms with Gasteiger partial charge in [0.05, 0.1) is 0 Å². The van der Waals surface area contributed by atoms with Crippen LogP contribution >= 0.6 is 11.3 Å². The summed E-state index contributed by atoms with van der Waals surface area (Å²) in [6.07, 6.45) is 1.93. The third-order valence-electron chi connectivity index (χ3n) is 3.03. The van der Waals surface area contributed by atoms with E-state index < -0.39 is 0 Å². The quantitative estimate of drug-likeness (QED) is 0.836. The third-order valence-corrected chi connectivity index (χ3v) is 3.96. The van der Waals surface area contributed by atoms with Crippen LogP contribution < -0.4 is 5.32 Å². The number of hydrogen-bond donors (Lipinski definition) is 1. The van der Waals surface area contributed by atoms with Crippen LogP contribution in [0.3, 0.4) is 0 Å². The highest BCUT2D eigenvalue weighted by Crippen LogP contribution is 2.20. The van der Waals surface area contributed by atoms with Gasteiger partial charge >= 0.3 is 0 Å². The van der Waals surface area contributed by atoms with E-state index in [1.165, 1.54) is 11.3 Å². The van der Waals surface area contributed by atoms with Crippen molar-refractivity contribution in [3.8, 4) is 0 Å². The van der Waals surface area contributed by atoms with E-state index in [1.54, 1.807) is 7.05 Å². The molecule has 0 aliphatic carbocycles. The van der Waals surface area contributed by atoms with Crippen LogP contribution in [0, 0.1) is 5.92 Å². The van der Waals surface area contributed by atoms with Gasteiger partial charge in [0.1, 0.15) is 0 Å². The van der Waals surface area contributed by atoms with Crippen LogP contribution in [-0.4, -0.2) is 40.6 Å². The Morgan fingerprint density at radius 1 is 1.32 bits per heavy atom. The summed E-state index contributed by atoms with van der Waals surface area (Å²) in [4.78, 5) is 14.5. The molecule has 1 rings (SSSR count). The number of nitrogens with zero attached hydrogens (tertiary/aromatic N) is 3.